The van der Waals surface area contributed by atoms with Gasteiger partial charge in [-0.1, -0.05) is 0 Å². The van der Waals surface area contributed by atoms with Crippen molar-refractivity contribution in [3.8, 4) is 0 Å². The first kappa shape index (κ1) is 10.5. The third-order valence-corrected chi connectivity index (χ3v) is 2.58. The fourth-order valence-electron chi connectivity index (χ4n) is 1.92. The van der Waals surface area contributed by atoms with Crippen molar-refractivity contribution < 1.29 is 4.79 Å². The van der Waals surface area contributed by atoms with Crippen LogP contribution >= 0.6 is 0 Å². The van der Waals surface area contributed by atoms with Gasteiger partial charge in [-0.3, -0.25) is 4.79 Å². The molecule has 1 aliphatic rings. The summed E-state index contributed by atoms with van der Waals surface area (Å²) in [7, 11) is 1.87. The molecule has 76 valence electrons. The average Bonchev–Trinajstić information content (AvgIpc) is 1.94. The van der Waals surface area contributed by atoms with Gasteiger partial charge in [0.1, 0.15) is 0 Å². The van der Waals surface area contributed by atoms with E-state index in [1.54, 1.807) is 4.90 Å². The van der Waals surface area contributed by atoms with Gasteiger partial charge in [0.05, 0.1) is 0 Å². The Labute approximate surface area is 80.3 Å². The van der Waals surface area contributed by atoms with E-state index in [9.17, 15) is 4.79 Å². The lowest BCUT2D eigenvalue weighted by molar-refractivity contribution is -0.133. The van der Waals surface area contributed by atoms with Gasteiger partial charge in [0, 0.05) is 25.6 Å². The van der Waals surface area contributed by atoms with E-state index in [1.807, 2.05) is 20.9 Å². The van der Waals surface area contributed by atoms with Gasteiger partial charge in [-0.15, -0.1) is 0 Å². The normalized spacial score (nSPS) is 25.1. The topological polar surface area (TPSA) is 46.3 Å². The number of carbonyl (C=O) groups excluding carboxylic acids is 1. The largest absolute Gasteiger partial charge is 0.346 e. The van der Waals surface area contributed by atoms with Crippen LogP contribution in [0.3, 0.4) is 0 Å². The van der Waals surface area contributed by atoms with E-state index in [1.165, 1.54) is 0 Å². The van der Waals surface area contributed by atoms with Gasteiger partial charge < -0.3 is 10.6 Å². The van der Waals surface area contributed by atoms with Crippen LogP contribution in [0.2, 0.25) is 0 Å². The van der Waals surface area contributed by atoms with Crippen molar-refractivity contribution in [3.63, 3.8) is 0 Å². The molecule has 0 aliphatic carbocycles. The molecule has 1 aliphatic heterocycles. The van der Waals surface area contributed by atoms with Gasteiger partial charge in [0.15, 0.2) is 0 Å². The minimum atomic E-state index is -0.138. The Morgan fingerprint density at radius 1 is 1.62 bits per heavy atom. The molecule has 1 rings (SSSR count). The summed E-state index contributed by atoms with van der Waals surface area (Å²) in [5, 5.41) is 0. The molecule has 1 atom stereocenters. The Morgan fingerprint density at radius 2 is 2.23 bits per heavy atom. The smallest absolute Gasteiger partial charge is 0.222 e. The molecule has 1 amide bonds. The molecule has 0 saturated carbocycles. The molecule has 3 nitrogen and oxygen atoms in total. The third kappa shape index (κ3) is 3.35. The van der Waals surface area contributed by atoms with Crippen molar-refractivity contribution in [1.82, 2.24) is 4.90 Å². The maximum atomic E-state index is 11.4. The predicted molar refractivity (Wildman–Crippen MR) is 53.2 cm³/mol. The molecule has 3 heteroatoms. The van der Waals surface area contributed by atoms with Crippen molar-refractivity contribution in [3.05, 3.63) is 0 Å². The first-order chi connectivity index (χ1) is 5.88. The zero-order valence-electron chi connectivity index (χ0n) is 8.84. The second-order valence-corrected chi connectivity index (χ2v) is 4.87. The number of hydrogen-bond donors (Lipinski definition) is 1. The molecular formula is C10H20N2O. The molecule has 1 fully saturated rings. The van der Waals surface area contributed by atoms with E-state index < -0.39 is 0 Å². The van der Waals surface area contributed by atoms with Crippen LogP contribution in [0.5, 0.6) is 0 Å². The van der Waals surface area contributed by atoms with Gasteiger partial charge in [-0.25, -0.2) is 0 Å². The number of rotatable bonds is 2. The maximum absolute atomic E-state index is 11.4. The second kappa shape index (κ2) is 3.66. The van der Waals surface area contributed by atoms with E-state index in [0.717, 1.165) is 19.4 Å². The summed E-state index contributed by atoms with van der Waals surface area (Å²) >= 11 is 0. The Bertz CT molecular complexity index is 196. The predicted octanol–water partition coefficient (Wildman–Crippen LogP) is 0.982. The minimum absolute atomic E-state index is 0.138. The molecule has 0 bridgehead atoms. The second-order valence-electron chi connectivity index (χ2n) is 4.87. The van der Waals surface area contributed by atoms with Crippen LogP contribution in [0.25, 0.3) is 0 Å². The Kier molecular flexibility index (Phi) is 2.96. The zero-order chi connectivity index (χ0) is 10.1. The first-order valence-corrected chi connectivity index (χ1v) is 4.91. The quantitative estimate of drug-likeness (QED) is 0.695. The molecular weight excluding hydrogens is 164 g/mol. The number of nitrogens with zero attached hydrogens (tertiary/aromatic N) is 1. The highest BCUT2D eigenvalue weighted by Gasteiger charge is 2.26. The van der Waals surface area contributed by atoms with Crippen LogP contribution in [0, 0.1) is 5.92 Å². The lowest BCUT2D eigenvalue weighted by Crippen LogP contribution is -2.40. The SMILES string of the molecule is CN1CCC(CC(C)(C)N)CC1=O. The summed E-state index contributed by atoms with van der Waals surface area (Å²) in [5.41, 5.74) is 5.78. The van der Waals surface area contributed by atoms with E-state index in [-0.39, 0.29) is 11.4 Å². The van der Waals surface area contributed by atoms with Crippen molar-refractivity contribution in [2.75, 3.05) is 13.6 Å². The number of carbonyl (C=O) groups is 1. The molecule has 0 aromatic rings. The molecule has 13 heavy (non-hydrogen) atoms. The highest BCUT2D eigenvalue weighted by Crippen LogP contribution is 2.24. The summed E-state index contributed by atoms with van der Waals surface area (Å²) in [4.78, 5) is 13.2. The summed E-state index contributed by atoms with van der Waals surface area (Å²) in [6.45, 7) is 4.94. The third-order valence-electron chi connectivity index (χ3n) is 2.58. The highest BCUT2D eigenvalue weighted by atomic mass is 16.2. The van der Waals surface area contributed by atoms with Crippen LogP contribution in [0.4, 0.5) is 0 Å². The Hall–Kier alpha value is -0.570. The summed E-state index contributed by atoms with van der Waals surface area (Å²) in [6.07, 6.45) is 2.73. The van der Waals surface area contributed by atoms with Crippen LogP contribution in [0.1, 0.15) is 33.1 Å². The Balaban J connectivity index is 2.42. The standard InChI is InChI=1S/C10H20N2O/c1-10(2,11)7-8-4-5-12(3)9(13)6-8/h8H,4-7,11H2,1-3H3. The van der Waals surface area contributed by atoms with Crippen molar-refractivity contribution >= 4 is 5.91 Å². The van der Waals surface area contributed by atoms with Crippen LogP contribution in [-0.2, 0) is 4.79 Å². The van der Waals surface area contributed by atoms with E-state index >= 15 is 0 Å². The summed E-state index contributed by atoms with van der Waals surface area (Å²) in [5.74, 6) is 0.754. The highest BCUT2D eigenvalue weighted by molar-refractivity contribution is 5.76. The molecule has 0 aromatic carbocycles. The molecule has 0 radical (unpaired) electrons. The molecule has 1 heterocycles. The van der Waals surface area contributed by atoms with Crippen molar-refractivity contribution in [2.45, 2.75) is 38.6 Å². The number of piperidine rings is 1. The number of likely N-dealkylation sites (tertiary alicyclic amines) is 1. The Morgan fingerprint density at radius 3 is 2.69 bits per heavy atom. The van der Waals surface area contributed by atoms with Gasteiger partial charge in [0.2, 0.25) is 5.91 Å². The molecule has 0 aromatic heterocycles. The monoisotopic (exact) mass is 184 g/mol. The van der Waals surface area contributed by atoms with E-state index in [2.05, 4.69) is 0 Å². The van der Waals surface area contributed by atoms with Crippen molar-refractivity contribution in [2.24, 2.45) is 11.7 Å². The van der Waals surface area contributed by atoms with Crippen LogP contribution in [-0.4, -0.2) is 29.9 Å². The number of nitrogens with two attached hydrogens (primary N) is 1. The van der Waals surface area contributed by atoms with Crippen molar-refractivity contribution in [1.29, 1.82) is 0 Å². The van der Waals surface area contributed by atoms with Gasteiger partial charge in [-0.2, -0.15) is 0 Å². The minimum Gasteiger partial charge on any atom is -0.346 e. The molecule has 1 saturated heterocycles. The molecule has 1 unspecified atom stereocenters. The summed E-state index contributed by atoms with van der Waals surface area (Å²) < 4.78 is 0. The lowest BCUT2D eigenvalue weighted by atomic mass is 9.85. The lowest BCUT2D eigenvalue weighted by Gasteiger charge is -2.32. The summed E-state index contributed by atoms with van der Waals surface area (Å²) in [6, 6.07) is 0. The fraction of sp³-hybridized carbons (Fsp3) is 0.900. The molecule has 0 spiro atoms. The van der Waals surface area contributed by atoms with Gasteiger partial charge in [-0.05, 0) is 32.6 Å². The zero-order valence-corrected chi connectivity index (χ0v) is 8.84. The first-order valence-electron chi connectivity index (χ1n) is 4.91. The maximum Gasteiger partial charge on any atom is 0.222 e. The van der Waals surface area contributed by atoms with E-state index in [4.69, 9.17) is 5.73 Å². The van der Waals surface area contributed by atoms with Crippen LogP contribution in [0.15, 0.2) is 0 Å². The average molecular weight is 184 g/mol. The van der Waals surface area contributed by atoms with Gasteiger partial charge in [0.25, 0.3) is 0 Å². The number of hydrogen-bond acceptors (Lipinski definition) is 2. The number of amides is 1. The van der Waals surface area contributed by atoms with Crippen LogP contribution < -0.4 is 5.73 Å². The van der Waals surface area contributed by atoms with E-state index in [0.29, 0.717) is 12.3 Å². The van der Waals surface area contributed by atoms with Gasteiger partial charge >= 0.3 is 0 Å². The molecule has 2 N–H and O–H groups in total. The fourth-order valence-corrected chi connectivity index (χ4v) is 1.92.